The maximum absolute atomic E-state index is 6.09. The van der Waals surface area contributed by atoms with Gasteiger partial charge in [0.1, 0.15) is 11.8 Å². The van der Waals surface area contributed by atoms with Crippen LogP contribution in [0.15, 0.2) is 34.9 Å². The van der Waals surface area contributed by atoms with E-state index in [0.717, 1.165) is 16.0 Å². The van der Waals surface area contributed by atoms with Crippen LogP contribution < -0.4 is 5.32 Å². The first-order valence-electron chi connectivity index (χ1n) is 7.27. The molecule has 2 nitrogen and oxygen atoms in total. The van der Waals surface area contributed by atoms with Crippen molar-refractivity contribution >= 4 is 22.9 Å². The number of nitrogens with one attached hydrogen (secondary N) is 1. The van der Waals surface area contributed by atoms with Crippen LogP contribution in [0.5, 0.6) is 0 Å². The molecule has 3 unspecified atom stereocenters. The molecule has 108 valence electrons. The van der Waals surface area contributed by atoms with Crippen LogP contribution in [0.1, 0.15) is 49.3 Å². The zero-order valence-electron chi connectivity index (χ0n) is 11.6. The molecular weight excluding hydrogens is 290 g/mol. The van der Waals surface area contributed by atoms with Crippen molar-refractivity contribution in [1.82, 2.24) is 5.32 Å². The van der Waals surface area contributed by atoms with E-state index in [1.54, 1.807) is 17.6 Å². The van der Waals surface area contributed by atoms with Gasteiger partial charge in [-0.25, -0.2) is 0 Å². The second kappa shape index (κ2) is 6.33. The van der Waals surface area contributed by atoms with Crippen LogP contribution in [0, 0.1) is 5.92 Å². The quantitative estimate of drug-likeness (QED) is 0.834. The van der Waals surface area contributed by atoms with Crippen molar-refractivity contribution in [2.24, 2.45) is 5.92 Å². The lowest BCUT2D eigenvalue weighted by Crippen LogP contribution is -2.36. The van der Waals surface area contributed by atoms with E-state index in [1.807, 2.05) is 18.2 Å². The van der Waals surface area contributed by atoms with Gasteiger partial charge < -0.3 is 9.73 Å². The third kappa shape index (κ3) is 3.27. The monoisotopic (exact) mass is 309 g/mol. The van der Waals surface area contributed by atoms with Gasteiger partial charge in [0.05, 0.1) is 10.6 Å². The summed E-state index contributed by atoms with van der Waals surface area (Å²) >= 11 is 7.72. The van der Waals surface area contributed by atoms with Gasteiger partial charge in [0, 0.05) is 10.9 Å². The molecule has 2 heterocycles. The first-order valence-corrected chi connectivity index (χ1v) is 8.46. The molecule has 20 heavy (non-hydrogen) atoms. The highest BCUT2D eigenvalue weighted by Crippen LogP contribution is 2.33. The van der Waals surface area contributed by atoms with Crippen molar-refractivity contribution in [2.75, 3.05) is 0 Å². The summed E-state index contributed by atoms with van der Waals surface area (Å²) in [6.07, 6.45) is 6.91. The van der Waals surface area contributed by atoms with Crippen molar-refractivity contribution < 1.29 is 4.42 Å². The van der Waals surface area contributed by atoms with Crippen molar-refractivity contribution in [3.8, 4) is 0 Å². The highest BCUT2D eigenvalue weighted by molar-refractivity contribution is 7.16. The number of rotatable bonds is 4. The van der Waals surface area contributed by atoms with Crippen molar-refractivity contribution in [1.29, 1.82) is 0 Å². The largest absolute Gasteiger partial charge is 0.467 e. The number of hydrogen-bond donors (Lipinski definition) is 1. The molecule has 3 atom stereocenters. The third-order valence-electron chi connectivity index (χ3n) is 4.04. The van der Waals surface area contributed by atoms with Gasteiger partial charge in [-0.05, 0) is 43.0 Å². The average molecular weight is 310 g/mol. The Morgan fingerprint density at radius 1 is 1.35 bits per heavy atom. The van der Waals surface area contributed by atoms with Crippen LogP contribution in [0.25, 0.3) is 0 Å². The van der Waals surface area contributed by atoms with E-state index in [0.29, 0.717) is 6.04 Å². The van der Waals surface area contributed by atoms with Crippen LogP contribution in [-0.2, 0) is 0 Å². The molecule has 0 amide bonds. The fourth-order valence-electron chi connectivity index (χ4n) is 3.06. The summed E-state index contributed by atoms with van der Waals surface area (Å²) < 4.78 is 6.46. The molecule has 2 aromatic rings. The van der Waals surface area contributed by atoms with Gasteiger partial charge in [-0.2, -0.15) is 0 Å². The Morgan fingerprint density at radius 2 is 2.25 bits per heavy atom. The zero-order chi connectivity index (χ0) is 13.9. The SMILES string of the molecule is CC1CCCC(NC(c2ccco2)c2ccc(Cl)s2)C1. The Balaban J connectivity index is 1.79. The van der Waals surface area contributed by atoms with Gasteiger partial charge in [0.2, 0.25) is 0 Å². The molecule has 4 heteroatoms. The van der Waals surface area contributed by atoms with Gasteiger partial charge in [-0.15, -0.1) is 11.3 Å². The van der Waals surface area contributed by atoms with Gasteiger partial charge in [-0.3, -0.25) is 0 Å². The van der Waals surface area contributed by atoms with Gasteiger partial charge in [0.25, 0.3) is 0 Å². The molecule has 1 aliphatic rings. The van der Waals surface area contributed by atoms with Gasteiger partial charge in [0.15, 0.2) is 0 Å². The number of thiophene rings is 1. The summed E-state index contributed by atoms with van der Waals surface area (Å²) in [7, 11) is 0. The molecule has 3 rings (SSSR count). The molecule has 0 aliphatic heterocycles. The Labute approximate surface area is 129 Å². The summed E-state index contributed by atoms with van der Waals surface area (Å²) in [6.45, 7) is 2.34. The van der Waals surface area contributed by atoms with Gasteiger partial charge >= 0.3 is 0 Å². The normalized spacial score (nSPS) is 24.7. The number of halogens is 1. The highest BCUT2D eigenvalue weighted by Gasteiger charge is 2.25. The molecular formula is C16H20ClNOS. The minimum atomic E-state index is 0.123. The molecule has 1 N–H and O–H groups in total. The molecule has 2 aromatic heterocycles. The first-order chi connectivity index (χ1) is 9.72. The molecule has 0 spiro atoms. The maximum atomic E-state index is 6.09. The number of furan rings is 1. The molecule has 1 saturated carbocycles. The molecule has 0 aromatic carbocycles. The lowest BCUT2D eigenvalue weighted by atomic mass is 9.86. The van der Waals surface area contributed by atoms with Crippen molar-refractivity contribution in [3.05, 3.63) is 45.5 Å². The second-order valence-electron chi connectivity index (χ2n) is 5.73. The third-order valence-corrected chi connectivity index (χ3v) is 5.34. The number of hydrogen-bond acceptors (Lipinski definition) is 3. The van der Waals surface area contributed by atoms with E-state index in [9.17, 15) is 0 Å². The van der Waals surface area contributed by atoms with E-state index < -0.39 is 0 Å². The molecule has 0 radical (unpaired) electrons. The van der Waals surface area contributed by atoms with Crippen molar-refractivity contribution in [3.63, 3.8) is 0 Å². The van der Waals surface area contributed by atoms with Crippen molar-refractivity contribution in [2.45, 2.75) is 44.7 Å². The predicted molar refractivity (Wildman–Crippen MR) is 84.4 cm³/mol. The lowest BCUT2D eigenvalue weighted by molar-refractivity contribution is 0.281. The molecule has 0 saturated heterocycles. The second-order valence-corrected chi connectivity index (χ2v) is 7.47. The fourth-order valence-corrected chi connectivity index (χ4v) is 4.19. The first kappa shape index (κ1) is 14.2. The Morgan fingerprint density at radius 3 is 2.90 bits per heavy atom. The minimum Gasteiger partial charge on any atom is -0.467 e. The van der Waals surface area contributed by atoms with Crippen LogP contribution in [0.2, 0.25) is 4.34 Å². The van der Waals surface area contributed by atoms with E-state index in [-0.39, 0.29) is 6.04 Å². The summed E-state index contributed by atoms with van der Waals surface area (Å²) in [5.74, 6) is 1.78. The topological polar surface area (TPSA) is 25.2 Å². The smallest absolute Gasteiger partial charge is 0.126 e. The van der Waals surface area contributed by atoms with E-state index in [2.05, 4.69) is 18.3 Å². The van der Waals surface area contributed by atoms with Crippen LogP contribution >= 0.6 is 22.9 Å². The summed E-state index contributed by atoms with van der Waals surface area (Å²) in [6, 6.07) is 8.73. The molecule has 0 bridgehead atoms. The lowest BCUT2D eigenvalue weighted by Gasteiger charge is -2.30. The maximum Gasteiger partial charge on any atom is 0.126 e. The zero-order valence-corrected chi connectivity index (χ0v) is 13.2. The standard InChI is InChI=1S/C16H20ClNOS/c1-11-4-2-5-12(10-11)18-16(13-6-3-9-19-13)14-7-8-15(17)20-14/h3,6-9,11-12,16,18H,2,4-5,10H2,1H3. The Kier molecular flexibility index (Phi) is 4.49. The average Bonchev–Trinajstić information content (AvgIpc) is 3.07. The van der Waals surface area contributed by atoms with Gasteiger partial charge in [-0.1, -0.05) is 31.4 Å². The van der Waals surface area contributed by atoms with E-state index >= 15 is 0 Å². The van der Waals surface area contributed by atoms with Crippen LogP contribution in [0.4, 0.5) is 0 Å². The fraction of sp³-hybridized carbons (Fsp3) is 0.500. The highest BCUT2D eigenvalue weighted by atomic mass is 35.5. The minimum absolute atomic E-state index is 0.123. The van der Waals surface area contributed by atoms with Crippen LogP contribution in [0.3, 0.4) is 0 Å². The summed E-state index contributed by atoms with van der Waals surface area (Å²) in [5, 5.41) is 3.78. The van der Waals surface area contributed by atoms with E-state index in [4.69, 9.17) is 16.0 Å². The predicted octanol–water partition coefficient (Wildman–Crippen LogP) is 5.25. The Bertz CT molecular complexity index is 536. The molecule has 1 fully saturated rings. The Hall–Kier alpha value is -0.770. The summed E-state index contributed by atoms with van der Waals surface area (Å²) in [5.41, 5.74) is 0. The van der Waals surface area contributed by atoms with E-state index in [1.165, 1.54) is 30.6 Å². The summed E-state index contributed by atoms with van der Waals surface area (Å²) in [4.78, 5) is 1.23. The van der Waals surface area contributed by atoms with Crippen LogP contribution in [-0.4, -0.2) is 6.04 Å². The molecule has 1 aliphatic carbocycles.